The molecule has 2 aromatic rings. The van der Waals surface area contributed by atoms with Crippen LogP contribution in [0.15, 0.2) is 30.3 Å². The quantitative estimate of drug-likeness (QED) is 0.752. The Kier molecular flexibility index (Phi) is 2.79. The van der Waals surface area contributed by atoms with Crippen LogP contribution in [-0.4, -0.2) is 0 Å². The van der Waals surface area contributed by atoms with Crippen molar-refractivity contribution in [3.8, 4) is 11.1 Å². The molecule has 0 fully saturated rings. The molecule has 0 unspecified atom stereocenters. The summed E-state index contributed by atoms with van der Waals surface area (Å²) < 4.78 is 40.2. The van der Waals surface area contributed by atoms with E-state index in [9.17, 15) is 13.2 Å². The van der Waals surface area contributed by atoms with E-state index in [1.807, 2.05) is 0 Å². The van der Waals surface area contributed by atoms with Gasteiger partial charge in [-0.25, -0.2) is 13.2 Å². The van der Waals surface area contributed by atoms with Crippen molar-refractivity contribution in [3.05, 3.63) is 53.3 Å². The van der Waals surface area contributed by atoms with Gasteiger partial charge in [-0.05, 0) is 30.2 Å². The predicted molar refractivity (Wildman–Crippen MR) is 60.9 cm³/mol. The summed E-state index contributed by atoms with van der Waals surface area (Å²) in [5.74, 6) is -1.85. The number of hydrogen-bond acceptors (Lipinski definition) is 1. The van der Waals surface area contributed by atoms with E-state index >= 15 is 0 Å². The Balaban J connectivity index is 2.60. The second kappa shape index (κ2) is 4.13. The fourth-order valence-electron chi connectivity index (χ4n) is 1.54. The lowest BCUT2D eigenvalue weighted by molar-refractivity contribution is 0.605. The zero-order valence-corrected chi connectivity index (χ0v) is 9.10. The summed E-state index contributed by atoms with van der Waals surface area (Å²) in [7, 11) is 0. The maximum atomic E-state index is 13.6. The highest BCUT2D eigenvalue weighted by molar-refractivity contribution is 5.67. The van der Waals surface area contributed by atoms with Crippen LogP contribution in [-0.2, 0) is 0 Å². The third-order valence-corrected chi connectivity index (χ3v) is 2.57. The van der Waals surface area contributed by atoms with Gasteiger partial charge in [0.05, 0.1) is 5.69 Å². The highest BCUT2D eigenvalue weighted by Crippen LogP contribution is 2.27. The Bertz CT molecular complexity index is 579. The summed E-state index contributed by atoms with van der Waals surface area (Å²) in [6.45, 7) is 1.60. The van der Waals surface area contributed by atoms with Crippen LogP contribution in [0.25, 0.3) is 11.1 Å². The van der Waals surface area contributed by atoms with Crippen LogP contribution < -0.4 is 5.73 Å². The maximum Gasteiger partial charge on any atom is 0.146 e. The second-order valence-electron chi connectivity index (χ2n) is 3.82. The largest absolute Gasteiger partial charge is 0.396 e. The fraction of sp³-hybridized carbons (Fsp3) is 0.0769. The molecule has 1 nitrogen and oxygen atoms in total. The number of nitrogen functional groups attached to an aromatic ring is 1. The van der Waals surface area contributed by atoms with Gasteiger partial charge in [-0.1, -0.05) is 12.1 Å². The molecule has 4 heteroatoms. The number of anilines is 1. The van der Waals surface area contributed by atoms with Crippen LogP contribution >= 0.6 is 0 Å². The average molecular weight is 237 g/mol. The molecule has 0 aliphatic heterocycles. The summed E-state index contributed by atoms with van der Waals surface area (Å²) in [6, 6.07) is 6.07. The van der Waals surface area contributed by atoms with Crippen molar-refractivity contribution in [2.45, 2.75) is 6.92 Å². The van der Waals surface area contributed by atoms with E-state index in [1.165, 1.54) is 18.2 Å². The van der Waals surface area contributed by atoms with Gasteiger partial charge in [0.2, 0.25) is 0 Å². The maximum absolute atomic E-state index is 13.6. The Morgan fingerprint density at radius 3 is 2.24 bits per heavy atom. The molecule has 88 valence electrons. The molecule has 0 saturated heterocycles. The lowest BCUT2D eigenvalue weighted by Crippen LogP contribution is -1.95. The van der Waals surface area contributed by atoms with Gasteiger partial charge in [-0.3, -0.25) is 0 Å². The smallest absolute Gasteiger partial charge is 0.146 e. The van der Waals surface area contributed by atoms with E-state index in [1.54, 1.807) is 6.92 Å². The first kappa shape index (κ1) is 11.5. The molecule has 0 saturated carbocycles. The molecular weight excluding hydrogens is 227 g/mol. The number of benzene rings is 2. The molecule has 17 heavy (non-hydrogen) atoms. The number of halogens is 3. The van der Waals surface area contributed by atoms with Crippen LogP contribution in [0.3, 0.4) is 0 Å². The molecule has 0 bridgehead atoms. The van der Waals surface area contributed by atoms with Crippen LogP contribution in [0.4, 0.5) is 18.9 Å². The number of hydrogen-bond donors (Lipinski definition) is 1. The number of rotatable bonds is 1. The van der Waals surface area contributed by atoms with Gasteiger partial charge < -0.3 is 5.73 Å². The van der Waals surface area contributed by atoms with Crippen molar-refractivity contribution in [1.29, 1.82) is 0 Å². The van der Waals surface area contributed by atoms with E-state index in [0.717, 1.165) is 12.1 Å². The molecule has 0 spiro atoms. The van der Waals surface area contributed by atoms with E-state index in [0.29, 0.717) is 5.56 Å². The van der Waals surface area contributed by atoms with Gasteiger partial charge in [0.25, 0.3) is 0 Å². The third kappa shape index (κ3) is 2.11. The minimum atomic E-state index is -0.720. The van der Waals surface area contributed by atoms with Crippen LogP contribution in [0.1, 0.15) is 5.56 Å². The minimum absolute atomic E-state index is 0.00407. The topological polar surface area (TPSA) is 26.0 Å². The Morgan fingerprint density at radius 2 is 1.59 bits per heavy atom. The van der Waals surface area contributed by atoms with Crippen molar-refractivity contribution in [2.24, 2.45) is 0 Å². The summed E-state index contributed by atoms with van der Waals surface area (Å²) >= 11 is 0. The van der Waals surface area contributed by atoms with E-state index in [4.69, 9.17) is 5.73 Å². The predicted octanol–water partition coefficient (Wildman–Crippen LogP) is 3.66. The van der Waals surface area contributed by atoms with E-state index < -0.39 is 17.5 Å². The van der Waals surface area contributed by atoms with Crippen molar-refractivity contribution in [2.75, 3.05) is 5.73 Å². The first-order valence-electron chi connectivity index (χ1n) is 5.00. The monoisotopic (exact) mass is 237 g/mol. The average Bonchev–Trinajstić information content (AvgIpc) is 2.27. The molecule has 0 aliphatic rings. The third-order valence-electron chi connectivity index (χ3n) is 2.57. The molecule has 0 aromatic heterocycles. The summed E-state index contributed by atoms with van der Waals surface area (Å²) in [5.41, 5.74) is 5.69. The highest BCUT2D eigenvalue weighted by atomic mass is 19.1. The molecule has 0 atom stereocenters. The van der Waals surface area contributed by atoms with Crippen molar-refractivity contribution in [3.63, 3.8) is 0 Å². The number of aryl methyl sites for hydroxylation is 1. The zero-order valence-electron chi connectivity index (χ0n) is 9.10. The highest BCUT2D eigenvalue weighted by Gasteiger charge is 2.11. The van der Waals surface area contributed by atoms with E-state index in [2.05, 4.69) is 0 Å². The Hall–Kier alpha value is -1.97. The normalized spacial score (nSPS) is 10.6. The number of nitrogens with two attached hydrogens (primary N) is 1. The molecule has 0 radical (unpaired) electrons. The lowest BCUT2D eigenvalue weighted by atomic mass is 10.0. The molecule has 0 heterocycles. The Labute approximate surface area is 96.7 Å². The first-order chi connectivity index (χ1) is 7.99. The molecule has 2 rings (SSSR count). The molecule has 2 aromatic carbocycles. The summed E-state index contributed by atoms with van der Waals surface area (Å²) in [6.07, 6.45) is 0. The summed E-state index contributed by atoms with van der Waals surface area (Å²) in [5, 5.41) is 0. The van der Waals surface area contributed by atoms with Gasteiger partial charge in [0.15, 0.2) is 0 Å². The lowest BCUT2D eigenvalue weighted by Gasteiger charge is -2.07. The standard InChI is InChI=1S/C13H10F3N/c1-7-2-3-8(4-10(7)14)9-5-12(16)13(17)6-11(9)15/h2-6H,17H2,1H3. The van der Waals surface area contributed by atoms with Gasteiger partial charge in [-0.15, -0.1) is 0 Å². The van der Waals surface area contributed by atoms with E-state index in [-0.39, 0.29) is 16.8 Å². The van der Waals surface area contributed by atoms with Gasteiger partial charge in [0.1, 0.15) is 17.5 Å². The minimum Gasteiger partial charge on any atom is -0.396 e. The van der Waals surface area contributed by atoms with Gasteiger partial charge in [-0.2, -0.15) is 0 Å². The summed E-state index contributed by atoms with van der Waals surface area (Å²) in [4.78, 5) is 0. The van der Waals surface area contributed by atoms with Crippen LogP contribution in [0, 0.1) is 24.4 Å². The Morgan fingerprint density at radius 1 is 0.882 bits per heavy atom. The molecular formula is C13H10F3N. The van der Waals surface area contributed by atoms with Crippen molar-refractivity contribution >= 4 is 5.69 Å². The first-order valence-corrected chi connectivity index (χ1v) is 5.00. The van der Waals surface area contributed by atoms with Crippen LogP contribution in [0.5, 0.6) is 0 Å². The van der Waals surface area contributed by atoms with Crippen molar-refractivity contribution < 1.29 is 13.2 Å². The fourth-order valence-corrected chi connectivity index (χ4v) is 1.54. The molecule has 0 amide bonds. The van der Waals surface area contributed by atoms with Gasteiger partial charge >= 0.3 is 0 Å². The molecule has 0 aliphatic carbocycles. The van der Waals surface area contributed by atoms with Crippen LogP contribution in [0.2, 0.25) is 0 Å². The second-order valence-corrected chi connectivity index (χ2v) is 3.82. The van der Waals surface area contributed by atoms with Gasteiger partial charge in [0, 0.05) is 11.6 Å². The van der Waals surface area contributed by atoms with Crippen molar-refractivity contribution in [1.82, 2.24) is 0 Å². The SMILES string of the molecule is Cc1ccc(-c2cc(F)c(N)cc2F)cc1F. The molecule has 2 N–H and O–H groups in total. The zero-order chi connectivity index (χ0) is 12.6.